The maximum atomic E-state index is 5.95. The van der Waals surface area contributed by atoms with E-state index in [-0.39, 0.29) is 0 Å². The minimum atomic E-state index is 0.742. The van der Waals surface area contributed by atoms with Crippen molar-refractivity contribution >= 4 is 35.1 Å². The molecule has 0 aliphatic carbocycles. The van der Waals surface area contributed by atoms with Gasteiger partial charge in [0.05, 0.1) is 11.0 Å². The second-order valence-electron chi connectivity index (χ2n) is 4.00. The van der Waals surface area contributed by atoms with Gasteiger partial charge >= 0.3 is 0 Å². The lowest BCUT2D eigenvalue weighted by atomic mass is 9.91. The van der Waals surface area contributed by atoms with E-state index in [9.17, 15) is 0 Å². The second kappa shape index (κ2) is 3.34. The third kappa shape index (κ3) is 1.23. The first-order valence-electron chi connectivity index (χ1n) is 5.31. The van der Waals surface area contributed by atoms with E-state index in [1.165, 1.54) is 10.9 Å². The Morgan fingerprint density at radius 3 is 2.56 bits per heavy atom. The SMILES string of the molecule is [B]c1cccc2c(C)c3ccccc3nc12. The Morgan fingerprint density at radius 2 is 1.69 bits per heavy atom. The van der Waals surface area contributed by atoms with Crippen molar-refractivity contribution in [3.05, 3.63) is 48.0 Å². The fourth-order valence-corrected chi connectivity index (χ4v) is 2.14. The summed E-state index contributed by atoms with van der Waals surface area (Å²) >= 11 is 0. The first kappa shape index (κ1) is 9.40. The van der Waals surface area contributed by atoms with Crippen LogP contribution in [0.2, 0.25) is 0 Å². The quantitative estimate of drug-likeness (QED) is 0.404. The summed E-state index contributed by atoms with van der Waals surface area (Å²) in [7, 11) is 5.95. The molecule has 0 amide bonds. The molecule has 2 aromatic carbocycles. The van der Waals surface area contributed by atoms with Crippen LogP contribution in [0.3, 0.4) is 0 Å². The summed E-state index contributed by atoms with van der Waals surface area (Å²) in [5.41, 5.74) is 3.89. The number of pyridine rings is 1. The van der Waals surface area contributed by atoms with E-state index in [1.54, 1.807) is 0 Å². The van der Waals surface area contributed by atoms with Crippen molar-refractivity contribution < 1.29 is 0 Å². The molecule has 74 valence electrons. The highest BCUT2D eigenvalue weighted by Gasteiger charge is 2.05. The summed E-state index contributed by atoms with van der Waals surface area (Å²) in [6.07, 6.45) is 0. The number of rotatable bonds is 0. The number of nitrogens with zero attached hydrogens (tertiary/aromatic N) is 1. The second-order valence-corrected chi connectivity index (χ2v) is 4.00. The molecule has 0 aliphatic heterocycles. The summed E-state index contributed by atoms with van der Waals surface area (Å²) in [6, 6.07) is 14.1. The average molecular weight is 203 g/mol. The molecule has 0 fully saturated rings. The van der Waals surface area contributed by atoms with E-state index in [4.69, 9.17) is 7.85 Å². The van der Waals surface area contributed by atoms with Crippen LogP contribution in [0.15, 0.2) is 42.5 Å². The van der Waals surface area contributed by atoms with Gasteiger partial charge in [-0.3, -0.25) is 0 Å². The maximum Gasteiger partial charge on any atom is 0.116 e. The van der Waals surface area contributed by atoms with E-state index in [2.05, 4.69) is 24.0 Å². The molecule has 0 aliphatic rings. The molecule has 3 aromatic rings. The minimum Gasteiger partial charge on any atom is -0.248 e. The Balaban J connectivity index is 2.61. The van der Waals surface area contributed by atoms with E-state index < -0.39 is 0 Å². The largest absolute Gasteiger partial charge is 0.248 e. The minimum absolute atomic E-state index is 0.742. The molecule has 0 spiro atoms. The molecule has 3 rings (SSSR count). The lowest BCUT2D eigenvalue weighted by Gasteiger charge is -2.08. The molecule has 1 heterocycles. The van der Waals surface area contributed by atoms with Crippen molar-refractivity contribution in [3.8, 4) is 0 Å². The van der Waals surface area contributed by atoms with Gasteiger partial charge in [0.15, 0.2) is 0 Å². The van der Waals surface area contributed by atoms with Crippen molar-refractivity contribution in [1.29, 1.82) is 0 Å². The summed E-state index contributed by atoms with van der Waals surface area (Å²) < 4.78 is 0. The van der Waals surface area contributed by atoms with Crippen LogP contribution in [0.4, 0.5) is 0 Å². The zero-order valence-electron chi connectivity index (χ0n) is 9.07. The van der Waals surface area contributed by atoms with Crippen LogP contribution < -0.4 is 5.46 Å². The Kier molecular flexibility index (Phi) is 1.96. The van der Waals surface area contributed by atoms with Gasteiger partial charge < -0.3 is 0 Å². The molecule has 0 atom stereocenters. The zero-order chi connectivity index (χ0) is 11.1. The molecule has 0 saturated carbocycles. The highest BCUT2D eigenvalue weighted by molar-refractivity contribution is 6.38. The number of benzene rings is 2. The predicted molar refractivity (Wildman–Crippen MR) is 69.4 cm³/mol. The first-order valence-corrected chi connectivity index (χ1v) is 5.31. The normalized spacial score (nSPS) is 11.1. The van der Waals surface area contributed by atoms with Gasteiger partial charge in [-0.15, -0.1) is 0 Å². The summed E-state index contributed by atoms with van der Waals surface area (Å²) in [5, 5.41) is 2.33. The Hall–Kier alpha value is -1.83. The maximum absolute atomic E-state index is 5.95. The number of hydrogen-bond donors (Lipinski definition) is 0. The van der Waals surface area contributed by atoms with Crippen LogP contribution >= 0.6 is 0 Å². The molecule has 1 nitrogen and oxygen atoms in total. The van der Waals surface area contributed by atoms with Crippen LogP contribution in [0.25, 0.3) is 21.8 Å². The van der Waals surface area contributed by atoms with Gasteiger partial charge in [-0.05, 0) is 18.6 Å². The van der Waals surface area contributed by atoms with Gasteiger partial charge in [-0.1, -0.05) is 41.9 Å². The number of fused-ring (bicyclic) bond motifs is 2. The Morgan fingerprint density at radius 1 is 0.938 bits per heavy atom. The highest BCUT2D eigenvalue weighted by Crippen LogP contribution is 2.23. The predicted octanol–water partition coefficient (Wildman–Crippen LogP) is 2.49. The van der Waals surface area contributed by atoms with Crippen molar-refractivity contribution in [2.75, 3.05) is 0 Å². The Labute approximate surface area is 95.5 Å². The van der Waals surface area contributed by atoms with E-state index in [0.29, 0.717) is 0 Å². The molecular weight excluding hydrogens is 193 g/mol. The van der Waals surface area contributed by atoms with Crippen LogP contribution in [0.5, 0.6) is 0 Å². The molecular formula is C14H10BN. The summed E-state index contributed by atoms with van der Waals surface area (Å²) in [6.45, 7) is 2.12. The van der Waals surface area contributed by atoms with E-state index in [0.717, 1.165) is 21.9 Å². The monoisotopic (exact) mass is 203 g/mol. The molecule has 1 aromatic heterocycles. The number of aryl methyl sites for hydroxylation is 1. The molecule has 2 radical (unpaired) electrons. The lowest BCUT2D eigenvalue weighted by molar-refractivity contribution is 1.47. The Bertz CT molecular complexity index is 689. The molecule has 2 heteroatoms. The fraction of sp³-hybridized carbons (Fsp3) is 0.0714. The molecule has 16 heavy (non-hydrogen) atoms. The standard InChI is InChI=1S/C14H10BN/c1-9-10-5-2-3-8-13(10)16-14-11(9)6-4-7-12(14)15/h2-8H,1H3. The van der Waals surface area contributed by atoms with Gasteiger partial charge in [0.25, 0.3) is 0 Å². The summed E-state index contributed by atoms with van der Waals surface area (Å²) in [5.74, 6) is 0. The van der Waals surface area contributed by atoms with Crippen LogP contribution in [-0.4, -0.2) is 12.8 Å². The third-order valence-corrected chi connectivity index (χ3v) is 3.01. The number of aromatic nitrogens is 1. The topological polar surface area (TPSA) is 12.9 Å². The van der Waals surface area contributed by atoms with E-state index in [1.807, 2.05) is 30.3 Å². The number of para-hydroxylation sites is 2. The fourth-order valence-electron chi connectivity index (χ4n) is 2.14. The zero-order valence-corrected chi connectivity index (χ0v) is 9.07. The van der Waals surface area contributed by atoms with Crippen molar-refractivity contribution in [2.24, 2.45) is 0 Å². The van der Waals surface area contributed by atoms with Crippen molar-refractivity contribution in [3.63, 3.8) is 0 Å². The smallest absolute Gasteiger partial charge is 0.116 e. The lowest BCUT2D eigenvalue weighted by Crippen LogP contribution is -2.05. The molecule has 0 saturated heterocycles. The molecule has 0 bridgehead atoms. The van der Waals surface area contributed by atoms with Gasteiger partial charge in [0.1, 0.15) is 7.85 Å². The van der Waals surface area contributed by atoms with Gasteiger partial charge in [-0.25, -0.2) is 4.98 Å². The van der Waals surface area contributed by atoms with Crippen LogP contribution in [0, 0.1) is 6.92 Å². The molecule has 0 unspecified atom stereocenters. The van der Waals surface area contributed by atoms with Gasteiger partial charge in [-0.2, -0.15) is 0 Å². The first-order chi connectivity index (χ1) is 7.77. The number of hydrogen-bond acceptors (Lipinski definition) is 1. The highest BCUT2D eigenvalue weighted by atomic mass is 14.7. The van der Waals surface area contributed by atoms with Crippen molar-refractivity contribution in [1.82, 2.24) is 4.98 Å². The average Bonchev–Trinajstić information content (AvgIpc) is 2.31. The van der Waals surface area contributed by atoms with Crippen LogP contribution in [0.1, 0.15) is 5.56 Å². The molecule has 0 N–H and O–H groups in total. The van der Waals surface area contributed by atoms with E-state index >= 15 is 0 Å². The van der Waals surface area contributed by atoms with Gasteiger partial charge in [0, 0.05) is 10.8 Å². The van der Waals surface area contributed by atoms with Gasteiger partial charge in [0.2, 0.25) is 0 Å². The third-order valence-electron chi connectivity index (χ3n) is 3.01. The van der Waals surface area contributed by atoms with Crippen LogP contribution in [-0.2, 0) is 0 Å². The summed E-state index contributed by atoms with van der Waals surface area (Å²) in [4.78, 5) is 4.61. The van der Waals surface area contributed by atoms with Crippen molar-refractivity contribution in [2.45, 2.75) is 6.92 Å².